The summed E-state index contributed by atoms with van der Waals surface area (Å²) in [7, 11) is 0. The van der Waals surface area contributed by atoms with E-state index in [1.54, 1.807) is 4.68 Å². The summed E-state index contributed by atoms with van der Waals surface area (Å²) < 4.78 is 2.85. The predicted molar refractivity (Wildman–Crippen MR) is 105 cm³/mol. The highest BCUT2D eigenvalue weighted by atomic mass is 79.9. The molecule has 3 aromatic rings. The van der Waals surface area contributed by atoms with Crippen molar-refractivity contribution in [2.75, 3.05) is 6.54 Å². The van der Waals surface area contributed by atoms with Gasteiger partial charge in [0.15, 0.2) is 0 Å². The van der Waals surface area contributed by atoms with E-state index in [0.29, 0.717) is 18.8 Å². The first-order valence-corrected chi connectivity index (χ1v) is 9.32. The first-order chi connectivity index (χ1) is 12.6. The maximum atomic E-state index is 12.2. The minimum absolute atomic E-state index is 0.0825. The van der Waals surface area contributed by atoms with Gasteiger partial charge in [0.25, 0.3) is 5.91 Å². The number of hydrogen-bond acceptors (Lipinski definition) is 3. The average molecular weight is 411 g/mol. The molecule has 4 rings (SSSR count). The fraction of sp³-hybridized carbons (Fsp3) is 0.200. The second-order valence-corrected chi connectivity index (χ2v) is 7.38. The number of carbonyl (C=O) groups is 1. The molecule has 1 atom stereocenters. The number of carbonyl (C=O) groups excluding carboxylic acids is 1. The number of nitrogens with zero attached hydrogens (tertiary/aromatic N) is 2. The predicted octanol–water partition coefficient (Wildman–Crippen LogP) is 3.65. The zero-order valence-electron chi connectivity index (χ0n) is 14.4. The third-order valence-corrected chi connectivity index (χ3v) is 4.99. The van der Waals surface area contributed by atoms with E-state index in [1.807, 2.05) is 30.3 Å². The lowest BCUT2D eigenvalue weighted by atomic mass is 10.1. The standard InChI is InChI=1S/C20H19BrN4O/c1-13-5-7-15(8-6-13)17-10-18-20(26)23-12-19(25(18)24-17)22-11-14-3-2-4-16(21)9-14/h2-10,19,22H,11-12H2,1H3,(H,23,26)/t19-/m0/s1. The zero-order chi connectivity index (χ0) is 18.1. The second kappa shape index (κ2) is 7.05. The summed E-state index contributed by atoms with van der Waals surface area (Å²) in [5.41, 5.74) is 4.77. The molecular formula is C20H19BrN4O. The molecule has 26 heavy (non-hydrogen) atoms. The molecule has 0 spiro atoms. The molecule has 6 heteroatoms. The van der Waals surface area contributed by atoms with Gasteiger partial charge in [-0.3, -0.25) is 10.1 Å². The topological polar surface area (TPSA) is 59.0 Å². The molecular weight excluding hydrogens is 392 g/mol. The van der Waals surface area contributed by atoms with Gasteiger partial charge in [-0.25, -0.2) is 4.68 Å². The van der Waals surface area contributed by atoms with Crippen molar-refractivity contribution in [1.29, 1.82) is 0 Å². The van der Waals surface area contributed by atoms with Crippen molar-refractivity contribution in [3.05, 3.63) is 75.9 Å². The van der Waals surface area contributed by atoms with Crippen molar-refractivity contribution in [2.45, 2.75) is 19.6 Å². The Balaban J connectivity index is 1.59. The molecule has 1 aliphatic rings. The Morgan fingerprint density at radius 3 is 2.81 bits per heavy atom. The van der Waals surface area contributed by atoms with E-state index in [2.05, 4.69) is 57.8 Å². The van der Waals surface area contributed by atoms with Crippen molar-refractivity contribution >= 4 is 21.8 Å². The summed E-state index contributed by atoms with van der Waals surface area (Å²) in [6.45, 7) is 3.26. The highest BCUT2D eigenvalue weighted by Crippen LogP contribution is 2.23. The van der Waals surface area contributed by atoms with Crippen LogP contribution in [0, 0.1) is 6.92 Å². The fourth-order valence-electron chi connectivity index (χ4n) is 3.07. The second-order valence-electron chi connectivity index (χ2n) is 6.46. The molecule has 5 nitrogen and oxygen atoms in total. The molecule has 0 saturated heterocycles. The van der Waals surface area contributed by atoms with Crippen LogP contribution in [-0.2, 0) is 6.54 Å². The van der Waals surface area contributed by atoms with E-state index in [1.165, 1.54) is 11.1 Å². The van der Waals surface area contributed by atoms with Crippen molar-refractivity contribution in [3.63, 3.8) is 0 Å². The Hall–Kier alpha value is -2.44. The first-order valence-electron chi connectivity index (χ1n) is 8.53. The SMILES string of the molecule is Cc1ccc(-c2cc3n(n2)[C@H](NCc2cccc(Br)c2)CNC3=O)cc1. The van der Waals surface area contributed by atoms with E-state index in [4.69, 9.17) is 5.10 Å². The van der Waals surface area contributed by atoms with Crippen molar-refractivity contribution in [3.8, 4) is 11.3 Å². The van der Waals surface area contributed by atoms with E-state index in [0.717, 1.165) is 15.7 Å². The Morgan fingerprint density at radius 1 is 1.23 bits per heavy atom. The Bertz CT molecular complexity index is 949. The van der Waals surface area contributed by atoms with Crippen LogP contribution >= 0.6 is 15.9 Å². The summed E-state index contributed by atoms with van der Waals surface area (Å²) >= 11 is 3.49. The van der Waals surface area contributed by atoms with Crippen LogP contribution in [0.3, 0.4) is 0 Å². The summed E-state index contributed by atoms with van der Waals surface area (Å²) in [6.07, 6.45) is -0.0825. The van der Waals surface area contributed by atoms with Crippen LogP contribution in [0.15, 0.2) is 59.1 Å². The van der Waals surface area contributed by atoms with Gasteiger partial charge >= 0.3 is 0 Å². The normalized spacial score (nSPS) is 16.2. The molecule has 1 amide bonds. The molecule has 0 unspecified atom stereocenters. The molecule has 2 N–H and O–H groups in total. The van der Waals surface area contributed by atoms with Crippen LogP contribution in [0.5, 0.6) is 0 Å². The van der Waals surface area contributed by atoms with Crippen molar-refractivity contribution < 1.29 is 4.79 Å². The van der Waals surface area contributed by atoms with Gasteiger partial charge in [-0.1, -0.05) is 57.9 Å². The van der Waals surface area contributed by atoms with Gasteiger partial charge in [0.05, 0.1) is 12.2 Å². The number of nitrogens with one attached hydrogen (secondary N) is 2. The molecule has 0 saturated carbocycles. The van der Waals surface area contributed by atoms with E-state index in [9.17, 15) is 4.79 Å². The Kier molecular flexibility index (Phi) is 4.61. The maximum absolute atomic E-state index is 12.2. The lowest BCUT2D eigenvalue weighted by Gasteiger charge is -2.25. The number of aryl methyl sites for hydroxylation is 1. The zero-order valence-corrected chi connectivity index (χ0v) is 16.0. The lowest BCUT2D eigenvalue weighted by molar-refractivity contribution is 0.0900. The van der Waals surface area contributed by atoms with Gasteiger partial charge in [-0.15, -0.1) is 0 Å². The lowest BCUT2D eigenvalue weighted by Crippen LogP contribution is -2.45. The van der Waals surface area contributed by atoms with Gasteiger partial charge < -0.3 is 5.32 Å². The smallest absolute Gasteiger partial charge is 0.269 e. The average Bonchev–Trinajstić information content (AvgIpc) is 3.08. The quantitative estimate of drug-likeness (QED) is 0.689. The molecule has 0 bridgehead atoms. The van der Waals surface area contributed by atoms with Crippen LogP contribution in [0.25, 0.3) is 11.3 Å². The maximum Gasteiger partial charge on any atom is 0.269 e. The molecule has 0 fully saturated rings. The van der Waals surface area contributed by atoms with Gasteiger partial charge in [-0.2, -0.15) is 5.10 Å². The van der Waals surface area contributed by atoms with Crippen molar-refractivity contribution in [1.82, 2.24) is 20.4 Å². The number of rotatable bonds is 4. The molecule has 132 valence electrons. The highest BCUT2D eigenvalue weighted by Gasteiger charge is 2.27. The van der Waals surface area contributed by atoms with Crippen molar-refractivity contribution in [2.24, 2.45) is 0 Å². The molecule has 1 aliphatic heterocycles. The number of fused-ring (bicyclic) bond motifs is 1. The fourth-order valence-corrected chi connectivity index (χ4v) is 3.52. The largest absolute Gasteiger partial charge is 0.347 e. The van der Waals surface area contributed by atoms with Crippen LogP contribution in [0.1, 0.15) is 27.8 Å². The van der Waals surface area contributed by atoms with E-state index in [-0.39, 0.29) is 12.1 Å². The summed E-state index contributed by atoms with van der Waals surface area (Å²) in [4.78, 5) is 12.2. The van der Waals surface area contributed by atoms with Crippen LogP contribution < -0.4 is 10.6 Å². The number of benzene rings is 2. The molecule has 1 aromatic heterocycles. The molecule has 0 aliphatic carbocycles. The van der Waals surface area contributed by atoms with Crippen LogP contribution in [0.4, 0.5) is 0 Å². The summed E-state index contributed by atoms with van der Waals surface area (Å²) in [6, 6.07) is 18.2. The number of halogens is 1. The van der Waals surface area contributed by atoms with Gasteiger partial charge in [0, 0.05) is 16.6 Å². The minimum atomic E-state index is -0.0867. The molecule has 2 heterocycles. The monoisotopic (exact) mass is 410 g/mol. The number of amides is 1. The third-order valence-electron chi connectivity index (χ3n) is 4.50. The van der Waals surface area contributed by atoms with Gasteiger partial charge in [0.1, 0.15) is 11.9 Å². The summed E-state index contributed by atoms with van der Waals surface area (Å²) in [5, 5.41) is 11.1. The van der Waals surface area contributed by atoms with E-state index < -0.39 is 0 Å². The minimum Gasteiger partial charge on any atom is -0.347 e. The van der Waals surface area contributed by atoms with Gasteiger partial charge in [-0.05, 0) is 30.7 Å². The molecule has 0 radical (unpaired) electrons. The third kappa shape index (κ3) is 3.43. The van der Waals surface area contributed by atoms with Crippen LogP contribution in [0.2, 0.25) is 0 Å². The Morgan fingerprint density at radius 2 is 2.04 bits per heavy atom. The highest BCUT2D eigenvalue weighted by molar-refractivity contribution is 9.10. The summed E-state index contributed by atoms with van der Waals surface area (Å²) in [5.74, 6) is -0.0867. The van der Waals surface area contributed by atoms with Gasteiger partial charge in [0.2, 0.25) is 0 Å². The Labute approximate surface area is 160 Å². The van der Waals surface area contributed by atoms with Crippen LogP contribution in [-0.4, -0.2) is 22.2 Å². The number of hydrogen-bond donors (Lipinski definition) is 2. The number of aromatic nitrogens is 2. The van der Waals surface area contributed by atoms with E-state index >= 15 is 0 Å². The molecule has 2 aromatic carbocycles. The first kappa shape index (κ1) is 17.0.